The summed E-state index contributed by atoms with van der Waals surface area (Å²) >= 11 is 6.82. The number of carbonyl (C=O) groups excluding carboxylic acids is 1. The molecule has 5 rings (SSSR count). The maximum absolute atomic E-state index is 13.7. The topological polar surface area (TPSA) is 54.5 Å². The number of rotatable bonds is 6. The van der Waals surface area contributed by atoms with Crippen LogP contribution in [-0.4, -0.2) is 85.3 Å². The molecule has 8 heteroatoms. The van der Waals surface area contributed by atoms with Gasteiger partial charge in [0, 0.05) is 57.6 Å². The number of benzene rings is 1. The van der Waals surface area contributed by atoms with E-state index in [4.69, 9.17) is 25.8 Å². The van der Waals surface area contributed by atoms with Gasteiger partial charge in [0.05, 0.1) is 19.8 Å². The molecule has 1 saturated carbocycles. The average molecular weight is 518 g/mol. The first-order valence-electron chi connectivity index (χ1n) is 13.6. The summed E-state index contributed by atoms with van der Waals surface area (Å²) in [5.41, 5.74) is 2.38. The van der Waals surface area contributed by atoms with Crippen molar-refractivity contribution in [3.63, 3.8) is 0 Å². The van der Waals surface area contributed by atoms with Crippen LogP contribution in [0.5, 0.6) is 11.5 Å². The van der Waals surface area contributed by atoms with Crippen LogP contribution >= 0.6 is 11.6 Å². The van der Waals surface area contributed by atoms with E-state index in [1.807, 2.05) is 23.1 Å². The summed E-state index contributed by atoms with van der Waals surface area (Å²) < 4.78 is 17.7. The van der Waals surface area contributed by atoms with Crippen LogP contribution < -0.4 is 9.47 Å². The van der Waals surface area contributed by atoms with Crippen molar-refractivity contribution in [1.29, 1.82) is 0 Å². The van der Waals surface area contributed by atoms with E-state index in [1.165, 1.54) is 31.3 Å². The molecule has 4 aliphatic rings. The molecule has 3 heterocycles. The van der Waals surface area contributed by atoms with Crippen molar-refractivity contribution in [2.75, 3.05) is 46.5 Å². The Kier molecular flexibility index (Phi) is 7.99. The standard InChI is InChI=1S/C28H40ClN3O4/c1-19(2)32(16-20-9-10-24-25(15-20)35-13-6-12-34-24)28(33)26-18-31(11-14-36-26)17-22-21-7-4-5-8-23(21)30(3)27(22)29/h9-10,15,19,21,23,26H,4-8,11-14,16-18H2,1-3H3. The van der Waals surface area contributed by atoms with E-state index in [0.29, 0.717) is 44.9 Å². The summed E-state index contributed by atoms with van der Waals surface area (Å²) in [5, 5.41) is 0.916. The van der Waals surface area contributed by atoms with Crippen molar-refractivity contribution < 1.29 is 19.0 Å². The molecule has 1 amide bonds. The minimum Gasteiger partial charge on any atom is -0.490 e. The number of hydrogen-bond donors (Lipinski definition) is 0. The Balaban J connectivity index is 1.25. The Morgan fingerprint density at radius 3 is 2.69 bits per heavy atom. The summed E-state index contributed by atoms with van der Waals surface area (Å²) in [4.78, 5) is 20.2. The fourth-order valence-electron chi connectivity index (χ4n) is 6.13. The zero-order valence-electron chi connectivity index (χ0n) is 21.9. The predicted octanol–water partition coefficient (Wildman–Crippen LogP) is 4.24. The lowest BCUT2D eigenvalue weighted by Crippen LogP contribution is -2.52. The van der Waals surface area contributed by atoms with Gasteiger partial charge in [0.2, 0.25) is 0 Å². The third-order valence-corrected chi connectivity index (χ3v) is 8.65. The van der Waals surface area contributed by atoms with Crippen LogP contribution in [0.3, 0.4) is 0 Å². The summed E-state index contributed by atoms with van der Waals surface area (Å²) in [6.07, 6.45) is 5.39. The minimum atomic E-state index is -0.470. The van der Waals surface area contributed by atoms with Gasteiger partial charge in [0.25, 0.3) is 5.91 Å². The number of nitrogens with zero attached hydrogens (tertiary/aromatic N) is 3. The molecule has 1 saturated heterocycles. The maximum Gasteiger partial charge on any atom is 0.253 e. The average Bonchev–Trinajstić information content (AvgIpc) is 3.03. The molecule has 0 bridgehead atoms. The van der Waals surface area contributed by atoms with Crippen molar-refractivity contribution in [3.8, 4) is 11.5 Å². The molecule has 3 unspecified atom stereocenters. The van der Waals surface area contributed by atoms with Gasteiger partial charge < -0.3 is 24.0 Å². The van der Waals surface area contributed by atoms with E-state index < -0.39 is 6.10 Å². The number of morpholine rings is 1. The Labute approximate surface area is 220 Å². The second kappa shape index (κ2) is 11.2. The van der Waals surface area contributed by atoms with E-state index >= 15 is 0 Å². The molecule has 0 radical (unpaired) electrons. The summed E-state index contributed by atoms with van der Waals surface area (Å²) in [6, 6.07) is 6.56. The summed E-state index contributed by atoms with van der Waals surface area (Å²) in [6.45, 7) is 8.74. The van der Waals surface area contributed by atoms with Gasteiger partial charge in [0.1, 0.15) is 11.3 Å². The van der Waals surface area contributed by atoms with Crippen molar-refractivity contribution >= 4 is 17.5 Å². The highest BCUT2D eigenvalue weighted by Gasteiger charge is 2.41. The van der Waals surface area contributed by atoms with E-state index in [2.05, 4.69) is 30.7 Å². The van der Waals surface area contributed by atoms with Crippen LogP contribution in [0.15, 0.2) is 28.9 Å². The highest BCUT2D eigenvalue weighted by molar-refractivity contribution is 6.29. The van der Waals surface area contributed by atoms with E-state index in [1.54, 1.807) is 0 Å². The van der Waals surface area contributed by atoms with E-state index in [-0.39, 0.29) is 11.9 Å². The molecule has 0 spiro atoms. The van der Waals surface area contributed by atoms with Gasteiger partial charge in [-0.1, -0.05) is 30.5 Å². The number of fused-ring (bicyclic) bond motifs is 2. The Morgan fingerprint density at radius 1 is 1.11 bits per heavy atom. The highest BCUT2D eigenvalue weighted by atomic mass is 35.5. The molecular weight excluding hydrogens is 478 g/mol. The first-order valence-corrected chi connectivity index (χ1v) is 13.9. The number of amides is 1. The molecule has 1 aromatic carbocycles. The normalized spacial score (nSPS) is 26.7. The minimum absolute atomic E-state index is 0.0426. The van der Waals surface area contributed by atoms with Crippen LogP contribution in [0.1, 0.15) is 51.5 Å². The first-order chi connectivity index (χ1) is 17.4. The highest BCUT2D eigenvalue weighted by Crippen LogP contribution is 2.43. The lowest BCUT2D eigenvalue weighted by Gasteiger charge is -2.37. The molecule has 198 valence electrons. The second-order valence-corrected chi connectivity index (χ2v) is 11.2. The van der Waals surface area contributed by atoms with Crippen molar-refractivity contribution in [2.24, 2.45) is 5.92 Å². The smallest absolute Gasteiger partial charge is 0.253 e. The van der Waals surface area contributed by atoms with Gasteiger partial charge in [-0.15, -0.1) is 0 Å². The molecule has 7 nitrogen and oxygen atoms in total. The third-order valence-electron chi connectivity index (χ3n) is 8.14. The second-order valence-electron chi connectivity index (χ2n) is 10.9. The molecule has 1 aliphatic carbocycles. The van der Waals surface area contributed by atoms with Crippen LogP contribution in [0, 0.1) is 5.92 Å². The predicted molar refractivity (Wildman–Crippen MR) is 140 cm³/mol. The third kappa shape index (κ3) is 5.34. The molecule has 3 atom stereocenters. The van der Waals surface area contributed by atoms with Gasteiger partial charge in [-0.25, -0.2) is 0 Å². The van der Waals surface area contributed by atoms with E-state index in [9.17, 15) is 4.79 Å². The van der Waals surface area contributed by atoms with Gasteiger partial charge in [-0.3, -0.25) is 9.69 Å². The van der Waals surface area contributed by atoms with Crippen LogP contribution in [0.25, 0.3) is 0 Å². The monoisotopic (exact) mass is 517 g/mol. The number of halogens is 1. The van der Waals surface area contributed by atoms with Crippen molar-refractivity contribution in [2.45, 2.75) is 70.7 Å². The van der Waals surface area contributed by atoms with Crippen LogP contribution in [0.4, 0.5) is 0 Å². The van der Waals surface area contributed by atoms with Gasteiger partial charge in [-0.2, -0.15) is 0 Å². The lowest BCUT2D eigenvalue weighted by molar-refractivity contribution is -0.151. The molecule has 2 fully saturated rings. The summed E-state index contributed by atoms with van der Waals surface area (Å²) in [7, 11) is 2.13. The lowest BCUT2D eigenvalue weighted by atomic mass is 9.81. The maximum atomic E-state index is 13.7. The molecule has 0 N–H and O–H groups in total. The van der Waals surface area contributed by atoms with Crippen molar-refractivity contribution in [1.82, 2.24) is 14.7 Å². The van der Waals surface area contributed by atoms with Crippen LogP contribution in [0.2, 0.25) is 0 Å². The quantitative estimate of drug-likeness (QED) is 0.526. The van der Waals surface area contributed by atoms with Gasteiger partial charge >= 0.3 is 0 Å². The first kappa shape index (κ1) is 25.7. The fraction of sp³-hybridized carbons (Fsp3) is 0.679. The van der Waals surface area contributed by atoms with Crippen molar-refractivity contribution in [3.05, 3.63) is 34.5 Å². The molecule has 1 aromatic rings. The Morgan fingerprint density at radius 2 is 1.89 bits per heavy atom. The Hall–Kier alpha value is -1.96. The number of carbonyl (C=O) groups is 1. The Bertz CT molecular complexity index is 984. The molecule has 36 heavy (non-hydrogen) atoms. The molecular formula is C28H40ClN3O4. The number of ether oxygens (including phenoxy) is 3. The molecule has 0 aromatic heterocycles. The SMILES string of the molecule is CC(C)N(Cc1ccc2c(c1)OCCCO2)C(=O)C1CN(CC2=C(Cl)N(C)C3CCCCC23)CCO1. The van der Waals surface area contributed by atoms with Gasteiger partial charge in [-0.05, 0) is 50.0 Å². The van der Waals surface area contributed by atoms with Crippen LogP contribution in [-0.2, 0) is 16.1 Å². The zero-order valence-corrected chi connectivity index (χ0v) is 22.6. The summed E-state index contributed by atoms with van der Waals surface area (Å²) in [5.74, 6) is 2.12. The number of hydrogen-bond acceptors (Lipinski definition) is 6. The largest absolute Gasteiger partial charge is 0.490 e. The fourth-order valence-corrected chi connectivity index (χ4v) is 6.45. The zero-order chi connectivity index (χ0) is 25.2. The van der Waals surface area contributed by atoms with E-state index in [0.717, 1.165) is 41.7 Å². The van der Waals surface area contributed by atoms with Gasteiger partial charge in [0.15, 0.2) is 11.5 Å². The molecule has 3 aliphatic heterocycles.